The van der Waals surface area contributed by atoms with Gasteiger partial charge in [0.1, 0.15) is 17.9 Å². The molecule has 2 unspecified atom stereocenters. The molecule has 9 nitrogen and oxygen atoms in total. The first kappa shape index (κ1) is 25.4. The highest BCUT2D eigenvalue weighted by atomic mass is 32.1. The summed E-state index contributed by atoms with van der Waals surface area (Å²) in [7, 11) is 3.07. The summed E-state index contributed by atoms with van der Waals surface area (Å²) in [5.41, 5.74) is 0.472. The number of carbonyl (C=O) groups is 3. The van der Waals surface area contributed by atoms with Crippen LogP contribution in [0.25, 0.3) is 0 Å². The van der Waals surface area contributed by atoms with Crippen molar-refractivity contribution in [2.45, 2.75) is 24.9 Å². The lowest BCUT2D eigenvalue weighted by Gasteiger charge is -2.25. The van der Waals surface area contributed by atoms with Crippen molar-refractivity contribution >= 4 is 34.9 Å². The first-order chi connectivity index (χ1) is 18.2. The van der Waals surface area contributed by atoms with E-state index in [2.05, 4.69) is 10.4 Å². The summed E-state index contributed by atoms with van der Waals surface area (Å²) in [6.45, 7) is 1.02. The third kappa shape index (κ3) is 4.38. The third-order valence-corrected chi connectivity index (χ3v) is 7.67. The van der Waals surface area contributed by atoms with Crippen LogP contribution in [-0.4, -0.2) is 54.2 Å². The normalized spacial score (nSPS) is 20.9. The van der Waals surface area contributed by atoms with Crippen molar-refractivity contribution in [2.75, 3.05) is 20.8 Å². The van der Waals surface area contributed by atoms with Crippen LogP contribution in [0.2, 0.25) is 0 Å². The van der Waals surface area contributed by atoms with Gasteiger partial charge in [0.15, 0.2) is 11.5 Å². The SMILES string of the molecule is COc1ccc(C2CC(c3cccs3)=NN2C(=O)CN2C(=O)NC(C)(c3ccc(F)cc3)C2=O)cc1OC. The van der Waals surface area contributed by atoms with Crippen LogP contribution in [0.3, 0.4) is 0 Å². The number of hydrogen-bond acceptors (Lipinski definition) is 7. The average Bonchev–Trinajstić information content (AvgIpc) is 3.65. The quantitative estimate of drug-likeness (QED) is 0.460. The predicted molar refractivity (Wildman–Crippen MR) is 139 cm³/mol. The topological polar surface area (TPSA) is 101 Å². The molecule has 0 spiro atoms. The molecule has 2 atom stereocenters. The number of benzene rings is 2. The zero-order valence-electron chi connectivity index (χ0n) is 20.9. The number of nitrogens with zero attached hydrogens (tertiary/aromatic N) is 3. The second-order valence-corrected chi connectivity index (χ2v) is 10.00. The number of thiophene rings is 1. The Kier molecular flexibility index (Phi) is 6.62. The summed E-state index contributed by atoms with van der Waals surface area (Å²) in [6, 6.07) is 13.3. The van der Waals surface area contributed by atoms with E-state index in [9.17, 15) is 18.8 Å². The number of carbonyl (C=O) groups excluding carboxylic acids is 3. The molecular weight excluding hydrogens is 511 g/mol. The van der Waals surface area contributed by atoms with Crippen LogP contribution >= 0.6 is 11.3 Å². The fourth-order valence-corrected chi connectivity index (χ4v) is 5.40. The van der Waals surface area contributed by atoms with Gasteiger partial charge in [-0.3, -0.25) is 14.5 Å². The van der Waals surface area contributed by atoms with Crippen molar-refractivity contribution in [1.82, 2.24) is 15.2 Å². The molecule has 0 aliphatic carbocycles. The molecule has 196 valence electrons. The molecule has 0 bridgehead atoms. The van der Waals surface area contributed by atoms with Gasteiger partial charge in [0.05, 0.1) is 30.9 Å². The zero-order chi connectivity index (χ0) is 27.0. The van der Waals surface area contributed by atoms with Crippen molar-refractivity contribution in [3.63, 3.8) is 0 Å². The Bertz CT molecular complexity index is 1430. The van der Waals surface area contributed by atoms with E-state index in [0.29, 0.717) is 23.5 Å². The monoisotopic (exact) mass is 536 g/mol. The number of halogens is 1. The molecule has 2 aliphatic heterocycles. The molecule has 2 aromatic carbocycles. The van der Waals surface area contributed by atoms with Gasteiger partial charge >= 0.3 is 6.03 Å². The highest BCUT2D eigenvalue weighted by molar-refractivity contribution is 7.12. The number of rotatable bonds is 7. The number of nitrogens with one attached hydrogen (secondary N) is 1. The van der Waals surface area contributed by atoms with Crippen LogP contribution in [-0.2, 0) is 15.1 Å². The van der Waals surface area contributed by atoms with Crippen LogP contribution in [0.4, 0.5) is 9.18 Å². The lowest BCUT2D eigenvalue weighted by molar-refractivity contribution is -0.140. The van der Waals surface area contributed by atoms with Gasteiger partial charge in [-0.1, -0.05) is 24.3 Å². The maximum atomic E-state index is 13.6. The molecule has 38 heavy (non-hydrogen) atoms. The van der Waals surface area contributed by atoms with Gasteiger partial charge in [-0.05, 0) is 53.8 Å². The van der Waals surface area contributed by atoms with Gasteiger partial charge in [0, 0.05) is 6.42 Å². The number of imide groups is 1. The van der Waals surface area contributed by atoms with Gasteiger partial charge in [-0.2, -0.15) is 5.10 Å². The van der Waals surface area contributed by atoms with Gasteiger partial charge < -0.3 is 14.8 Å². The van der Waals surface area contributed by atoms with Crippen LogP contribution in [0.1, 0.15) is 35.4 Å². The van der Waals surface area contributed by atoms with Gasteiger partial charge in [0.2, 0.25) is 0 Å². The molecule has 11 heteroatoms. The predicted octanol–water partition coefficient (Wildman–Crippen LogP) is 4.05. The molecule has 4 amide bonds. The number of urea groups is 1. The minimum Gasteiger partial charge on any atom is -0.493 e. The van der Waals surface area contributed by atoms with E-state index >= 15 is 0 Å². The van der Waals surface area contributed by atoms with Crippen molar-refractivity contribution in [3.8, 4) is 11.5 Å². The van der Waals surface area contributed by atoms with E-state index in [1.54, 1.807) is 19.2 Å². The fraction of sp³-hybridized carbons (Fsp3) is 0.259. The first-order valence-corrected chi connectivity index (χ1v) is 12.7. The van der Waals surface area contributed by atoms with Crippen LogP contribution in [0, 0.1) is 5.82 Å². The Balaban J connectivity index is 1.43. The van der Waals surface area contributed by atoms with Gasteiger partial charge in [0.25, 0.3) is 11.8 Å². The summed E-state index contributed by atoms with van der Waals surface area (Å²) in [4.78, 5) is 41.6. The van der Waals surface area contributed by atoms with Crippen LogP contribution in [0.5, 0.6) is 11.5 Å². The number of hydrogen-bond donors (Lipinski definition) is 1. The maximum absolute atomic E-state index is 13.6. The highest BCUT2D eigenvalue weighted by Gasteiger charge is 2.50. The molecular formula is C27H25FN4O5S. The van der Waals surface area contributed by atoms with Gasteiger partial charge in [-0.15, -0.1) is 11.3 Å². The number of ether oxygens (including phenoxy) is 2. The maximum Gasteiger partial charge on any atom is 0.325 e. The van der Waals surface area contributed by atoms with Crippen molar-refractivity contribution in [3.05, 3.63) is 81.8 Å². The highest BCUT2D eigenvalue weighted by Crippen LogP contribution is 2.38. The molecule has 0 saturated carbocycles. The Hall–Kier alpha value is -4.25. The van der Waals surface area contributed by atoms with E-state index in [4.69, 9.17) is 9.47 Å². The summed E-state index contributed by atoms with van der Waals surface area (Å²) in [5, 5.41) is 10.5. The van der Waals surface area contributed by atoms with E-state index in [1.807, 2.05) is 23.6 Å². The van der Waals surface area contributed by atoms with Crippen molar-refractivity contribution in [1.29, 1.82) is 0 Å². The molecule has 1 saturated heterocycles. The Labute approximate surface area is 222 Å². The minimum absolute atomic E-state index is 0.412. The van der Waals surface area contributed by atoms with Gasteiger partial charge in [-0.25, -0.2) is 14.2 Å². The largest absolute Gasteiger partial charge is 0.493 e. The number of methoxy groups -OCH3 is 2. The van der Waals surface area contributed by atoms with Crippen molar-refractivity contribution in [2.24, 2.45) is 5.10 Å². The summed E-state index contributed by atoms with van der Waals surface area (Å²) < 4.78 is 24.2. The minimum atomic E-state index is -1.43. The van der Waals surface area contributed by atoms with Crippen LogP contribution in [0.15, 0.2) is 65.1 Å². The second kappa shape index (κ2) is 9.90. The lowest BCUT2D eigenvalue weighted by atomic mass is 9.92. The number of amides is 4. The van der Waals surface area contributed by atoms with Crippen LogP contribution < -0.4 is 14.8 Å². The van der Waals surface area contributed by atoms with E-state index in [1.165, 1.54) is 54.6 Å². The Morgan fingerprint density at radius 2 is 1.87 bits per heavy atom. The molecule has 0 radical (unpaired) electrons. The molecule has 5 rings (SSSR count). The Morgan fingerprint density at radius 1 is 1.13 bits per heavy atom. The third-order valence-electron chi connectivity index (χ3n) is 6.75. The molecule has 3 heterocycles. The fourth-order valence-electron chi connectivity index (χ4n) is 4.68. The second-order valence-electron chi connectivity index (χ2n) is 9.05. The molecule has 1 N–H and O–H groups in total. The van der Waals surface area contributed by atoms with E-state index in [0.717, 1.165) is 21.1 Å². The van der Waals surface area contributed by atoms with E-state index in [-0.39, 0.29) is 0 Å². The molecule has 1 fully saturated rings. The molecule has 2 aliphatic rings. The summed E-state index contributed by atoms with van der Waals surface area (Å²) in [5.74, 6) is -0.539. The smallest absolute Gasteiger partial charge is 0.325 e. The average molecular weight is 537 g/mol. The standard InChI is InChI=1S/C27H25FN4O5S/c1-27(17-7-9-18(28)10-8-17)25(34)31(26(35)29-27)15-24(33)32-20(14-19(30-32)23-5-4-12-38-23)16-6-11-21(36-2)22(13-16)37-3/h4-13,20H,14-15H2,1-3H3,(H,29,35). The summed E-state index contributed by atoms with van der Waals surface area (Å²) in [6.07, 6.45) is 0.440. The molecule has 3 aromatic rings. The van der Waals surface area contributed by atoms with Crippen molar-refractivity contribution < 1.29 is 28.2 Å². The zero-order valence-corrected chi connectivity index (χ0v) is 21.8. The summed E-state index contributed by atoms with van der Waals surface area (Å²) >= 11 is 1.51. The molecule has 1 aromatic heterocycles. The Morgan fingerprint density at radius 3 is 2.53 bits per heavy atom. The van der Waals surface area contributed by atoms with E-state index < -0.39 is 41.8 Å². The lowest BCUT2D eigenvalue weighted by Crippen LogP contribution is -2.43. The number of hydrazone groups is 1. The first-order valence-electron chi connectivity index (χ1n) is 11.8.